The molecule has 4 heteroatoms. The number of hydrogen-bond acceptors (Lipinski definition) is 0. The summed E-state index contributed by atoms with van der Waals surface area (Å²) in [7, 11) is 0. The molecular weight excluding hydrogens is 951 g/mol. The third-order valence-electron chi connectivity index (χ3n) is 14.8. The fraction of sp³-hybridized carbons (Fsp3) is 0.0145. The van der Waals surface area contributed by atoms with Crippen molar-refractivity contribution in [2.45, 2.75) is 6.42 Å². The summed E-state index contributed by atoms with van der Waals surface area (Å²) >= 11 is 3.31. The van der Waals surface area contributed by atoms with Crippen LogP contribution in [0.3, 0.4) is 0 Å². The van der Waals surface area contributed by atoms with E-state index in [9.17, 15) is 0 Å². The Morgan fingerprint density at radius 2 is 0.699 bits per heavy atom. The monoisotopic (exact) mass is 995 g/mol. The molecule has 0 saturated heterocycles. The Kier molecular flexibility index (Phi) is 10.4. The van der Waals surface area contributed by atoms with Gasteiger partial charge in [-0.2, -0.15) is 0 Å². The highest BCUT2D eigenvalue weighted by Gasteiger charge is 2.26. The molecule has 1 aliphatic rings. The minimum absolute atomic E-state index is 1.02. The minimum atomic E-state index is 1.02. The molecule has 1 aliphatic carbocycles. The summed E-state index contributed by atoms with van der Waals surface area (Å²) in [5, 5.41) is 13.0. The maximum atomic E-state index is 3.31. The first-order valence-electron chi connectivity index (χ1n) is 25.0. The number of benzene rings is 12. The number of para-hydroxylation sites is 4. The van der Waals surface area contributed by atoms with Crippen LogP contribution < -0.4 is 0 Å². The third-order valence-corrected chi connectivity index (χ3v) is 15.3. The fourth-order valence-corrected chi connectivity index (χ4v) is 12.1. The number of nitrogens with zero attached hydrogens (tertiary/aromatic N) is 3. The Morgan fingerprint density at radius 3 is 1.27 bits per heavy atom. The van der Waals surface area contributed by atoms with Crippen molar-refractivity contribution >= 4 is 103 Å². The smallest absolute Gasteiger partial charge is 0.0619 e. The lowest BCUT2D eigenvalue weighted by atomic mass is 9.98. The number of halogens is 1. The lowest BCUT2D eigenvalue weighted by Crippen LogP contribution is -1.94. The molecule has 73 heavy (non-hydrogen) atoms. The van der Waals surface area contributed by atoms with Gasteiger partial charge in [0, 0.05) is 64.6 Å². The highest BCUT2D eigenvalue weighted by Crippen LogP contribution is 2.48. The zero-order valence-corrected chi connectivity index (χ0v) is 41.4. The molecule has 3 aromatic heterocycles. The average Bonchev–Trinajstić information content (AvgIpc) is 4.22. The van der Waals surface area contributed by atoms with Crippen LogP contribution in [0.2, 0.25) is 0 Å². The van der Waals surface area contributed by atoms with E-state index in [4.69, 9.17) is 0 Å². The summed E-state index contributed by atoms with van der Waals surface area (Å²) in [6.07, 6.45) is 1.02. The van der Waals surface area contributed by atoms with Gasteiger partial charge in [-0.15, -0.1) is 0 Å². The van der Waals surface area contributed by atoms with Crippen molar-refractivity contribution in [1.29, 1.82) is 0 Å². The van der Waals surface area contributed by atoms with Crippen LogP contribution in [0.15, 0.2) is 271 Å². The summed E-state index contributed by atoms with van der Waals surface area (Å²) in [6, 6.07) is 95.7. The summed E-state index contributed by atoms with van der Waals surface area (Å²) in [6.45, 7) is 0. The Morgan fingerprint density at radius 1 is 0.274 bits per heavy atom. The Hall–Kier alpha value is -8.96. The molecule has 15 aromatic rings. The number of rotatable bonds is 3. The summed E-state index contributed by atoms with van der Waals surface area (Å²) in [4.78, 5) is 0. The lowest BCUT2D eigenvalue weighted by molar-refractivity contribution is 1.17. The Labute approximate surface area is 431 Å². The highest BCUT2D eigenvalue weighted by atomic mass is 79.9. The van der Waals surface area contributed by atoms with Crippen molar-refractivity contribution in [3.63, 3.8) is 0 Å². The highest BCUT2D eigenvalue weighted by molar-refractivity contribution is 9.10. The normalized spacial score (nSPS) is 11.8. The van der Waals surface area contributed by atoms with Crippen LogP contribution in [0.1, 0.15) is 11.1 Å². The van der Waals surface area contributed by atoms with E-state index in [1.807, 2.05) is 30.3 Å². The standard InChI is InChI=1S/C34H22N2.C29H19N.C6H5Br/c1-3-12-24(13-4-1)35-29-18-10-9-17-27(29)32-30(35)21-22-31-33(32)28-20-19-23-11-7-8-16-26(23)34(28)36(31)25-14-5-2-6-15-25;1-2-10-22(11-3-1)30-26-17-15-21-18-20-9-5-6-12-23(20)27(21)28(26)25-16-14-19-8-4-7-13-24(19)29(25)30;7-6-4-2-1-3-5-6/h1-22H;1-17H,18H2;1-5H. The van der Waals surface area contributed by atoms with Gasteiger partial charge in [0.1, 0.15) is 0 Å². The van der Waals surface area contributed by atoms with E-state index < -0.39 is 0 Å². The Bertz CT molecular complexity index is 4570. The van der Waals surface area contributed by atoms with E-state index in [0.717, 1.165) is 10.9 Å². The van der Waals surface area contributed by atoms with Gasteiger partial charge in [-0.1, -0.05) is 210 Å². The van der Waals surface area contributed by atoms with Crippen molar-refractivity contribution in [1.82, 2.24) is 13.7 Å². The second-order valence-corrected chi connectivity index (χ2v) is 19.8. The molecule has 0 radical (unpaired) electrons. The largest absolute Gasteiger partial charge is 0.309 e. The molecule has 3 heterocycles. The van der Waals surface area contributed by atoms with E-state index >= 15 is 0 Å². The van der Waals surface area contributed by atoms with Gasteiger partial charge < -0.3 is 13.7 Å². The molecule has 12 aromatic carbocycles. The molecule has 0 spiro atoms. The zero-order chi connectivity index (χ0) is 48.4. The molecule has 344 valence electrons. The van der Waals surface area contributed by atoms with Gasteiger partial charge in [0.15, 0.2) is 0 Å². The molecule has 0 saturated carbocycles. The van der Waals surface area contributed by atoms with Crippen molar-refractivity contribution in [2.75, 3.05) is 0 Å². The molecule has 0 aliphatic heterocycles. The molecule has 0 N–H and O–H groups in total. The van der Waals surface area contributed by atoms with E-state index in [0.29, 0.717) is 0 Å². The summed E-state index contributed by atoms with van der Waals surface area (Å²) in [5.41, 5.74) is 16.8. The molecule has 16 rings (SSSR count). The van der Waals surface area contributed by atoms with Crippen LogP contribution in [0.4, 0.5) is 0 Å². The van der Waals surface area contributed by atoms with Crippen molar-refractivity contribution in [3.8, 4) is 28.2 Å². The third kappa shape index (κ3) is 7.01. The predicted molar refractivity (Wildman–Crippen MR) is 313 cm³/mol. The van der Waals surface area contributed by atoms with Crippen LogP contribution in [0.5, 0.6) is 0 Å². The first-order chi connectivity index (χ1) is 36.2. The van der Waals surface area contributed by atoms with Crippen LogP contribution in [-0.4, -0.2) is 13.7 Å². The molecular formula is C69H46BrN3. The van der Waals surface area contributed by atoms with E-state index in [1.165, 1.54) is 126 Å². The lowest BCUT2D eigenvalue weighted by Gasteiger charge is -2.10. The van der Waals surface area contributed by atoms with Gasteiger partial charge in [0.25, 0.3) is 0 Å². The number of aromatic nitrogens is 3. The van der Waals surface area contributed by atoms with Gasteiger partial charge >= 0.3 is 0 Å². The number of hydrogen-bond donors (Lipinski definition) is 0. The maximum absolute atomic E-state index is 3.31. The van der Waals surface area contributed by atoms with E-state index in [1.54, 1.807) is 0 Å². The van der Waals surface area contributed by atoms with Crippen LogP contribution in [0, 0.1) is 0 Å². The zero-order valence-electron chi connectivity index (χ0n) is 39.8. The minimum Gasteiger partial charge on any atom is -0.309 e. The molecule has 0 unspecified atom stereocenters. The Balaban J connectivity index is 0.000000121. The maximum Gasteiger partial charge on any atom is 0.0619 e. The molecule has 0 amide bonds. The van der Waals surface area contributed by atoms with Gasteiger partial charge in [-0.05, 0) is 112 Å². The molecule has 3 nitrogen and oxygen atoms in total. The predicted octanol–water partition coefficient (Wildman–Crippen LogP) is 19.0. The van der Waals surface area contributed by atoms with Crippen molar-refractivity contribution < 1.29 is 0 Å². The summed E-state index contributed by atoms with van der Waals surface area (Å²) < 4.78 is 8.43. The topological polar surface area (TPSA) is 14.8 Å². The van der Waals surface area contributed by atoms with Gasteiger partial charge in [-0.3, -0.25) is 0 Å². The van der Waals surface area contributed by atoms with Crippen molar-refractivity contribution in [3.05, 3.63) is 283 Å². The van der Waals surface area contributed by atoms with E-state index in [-0.39, 0.29) is 0 Å². The van der Waals surface area contributed by atoms with E-state index in [2.05, 4.69) is 266 Å². The first-order valence-corrected chi connectivity index (χ1v) is 25.8. The number of fused-ring (bicyclic) bond motifs is 18. The average molecular weight is 997 g/mol. The van der Waals surface area contributed by atoms with Gasteiger partial charge in [-0.25, -0.2) is 0 Å². The van der Waals surface area contributed by atoms with Crippen LogP contribution in [-0.2, 0) is 6.42 Å². The second-order valence-electron chi connectivity index (χ2n) is 18.9. The first kappa shape index (κ1) is 42.9. The molecule has 0 atom stereocenters. The summed E-state index contributed by atoms with van der Waals surface area (Å²) in [5.74, 6) is 0. The van der Waals surface area contributed by atoms with Crippen LogP contribution in [0.25, 0.3) is 115 Å². The quantitative estimate of drug-likeness (QED) is 0.168. The van der Waals surface area contributed by atoms with Crippen molar-refractivity contribution in [2.24, 2.45) is 0 Å². The molecule has 0 fully saturated rings. The second kappa shape index (κ2) is 17.7. The van der Waals surface area contributed by atoms with Gasteiger partial charge in [0.05, 0.1) is 33.1 Å². The van der Waals surface area contributed by atoms with Gasteiger partial charge in [0.2, 0.25) is 0 Å². The van der Waals surface area contributed by atoms with Crippen LogP contribution >= 0.6 is 15.9 Å². The molecule has 0 bridgehead atoms. The fourth-order valence-electron chi connectivity index (χ4n) is 11.8. The SMILES string of the molecule is Brc1ccccc1.c1ccc(-n2c3ccc4c(c3c3ccc5ccccc5c32)-c2ccccc2C4)cc1.c1ccc(-n2c3ccccc3c3c4c5ccc6ccccc6c5n(-c5ccccc5)c4ccc32)cc1.